The fraction of sp³-hybridized carbons (Fsp3) is 0.500. The van der Waals surface area contributed by atoms with Gasteiger partial charge in [0.25, 0.3) is 0 Å². The summed E-state index contributed by atoms with van der Waals surface area (Å²) in [4.78, 5) is 11.5. The second kappa shape index (κ2) is 8.66. The summed E-state index contributed by atoms with van der Waals surface area (Å²) in [6.45, 7) is 4.42. The van der Waals surface area contributed by atoms with Crippen LogP contribution < -0.4 is 10.6 Å². The second-order valence-electron chi connectivity index (χ2n) is 4.29. The van der Waals surface area contributed by atoms with Crippen LogP contribution in [-0.2, 0) is 9.53 Å². The van der Waals surface area contributed by atoms with Crippen molar-refractivity contribution < 1.29 is 9.53 Å². The molecule has 1 atom stereocenters. The number of carbonyl (C=O) groups excluding carboxylic acids is 1. The van der Waals surface area contributed by atoms with Crippen LogP contribution >= 0.6 is 0 Å². The molecule has 1 aromatic carbocycles. The predicted octanol–water partition coefficient (Wildman–Crippen LogP) is 1.14. The maximum Gasteiger partial charge on any atom is 0.233 e. The van der Waals surface area contributed by atoms with E-state index in [1.54, 1.807) is 7.11 Å². The number of ether oxygens (including phenoxy) is 1. The molecule has 0 bridgehead atoms. The third-order valence-electron chi connectivity index (χ3n) is 2.74. The fourth-order valence-electron chi connectivity index (χ4n) is 1.61. The molecule has 100 valence electrons. The molecule has 0 fully saturated rings. The Labute approximate surface area is 109 Å². The molecule has 1 rings (SSSR count). The third-order valence-corrected chi connectivity index (χ3v) is 2.74. The highest BCUT2D eigenvalue weighted by Gasteiger charge is 2.06. The standard InChI is InChI=1S/C14H22N2O2/c1-12(13-6-4-3-5-7-13)10-16-14(17)11-15-8-9-18-2/h3-7,12,15H,8-11H2,1-2H3,(H,16,17). The molecule has 0 radical (unpaired) electrons. The average Bonchev–Trinajstić information content (AvgIpc) is 2.42. The van der Waals surface area contributed by atoms with Crippen LogP contribution in [0.2, 0.25) is 0 Å². The zero-order chi connectivity index (χ0) is 13.2. The van der Waals surface area contributed by atoms with E-state index in [0.29, 0.717) is 32.2 Å². The molecule has 2 N–H and O–H groups in total. The number of methoxy groups -OCH3 is 1. The highest BCUT2D eigenvalue weighted by atomic mass is 16.5. The van der Waals surface area contributed by atoms with Crippen LogP contribution in [-0.4, -0.2) is 39.3 Å². The lowest BCUT2D eigenvalue weighted by atomic mass is 10.0. The van der Waals surface area contributed by atoms with Crippen LogP contribution in [0.3, 0.4) is 0 Å². The Bertz CT molecular complexity index is 341. The van der Waals surface area contributed by atoms with Crippen LogP contribution in [0.15, 0.2) is 30.3 Å². The molecule has 0 heterocycles. The van der Waals surface area contributed by atoms with Crippen LogP contribution in [0, 0.1) is 0 Å². The molecule has 1 unspecified atom stereocenters. The number of benzene rings is 1. The maximum atomic E-state index is 11.5. The van der Waals surface area contributed by atoms with Crippen molar-refractivity contribution in [2.45, 2.75) is 12.8 Å². The number of nitrogens with one attached hydrogen (secondary N) is 2. The Morgan fingerprint density at radius 2 is 2.06 bits per heavy atom. The van der Waals surface area contributed by atoms with Crippen molar-refractivity contribution in [1.82, 2.24) is 10.6 Å². The Morgan fingerprint density at radius 1 is 1.33 bits per heavy atom. The van der Waals surface area contributed by atoms with E-state index in [-0.39, 0.29) is 5.91 Å². The highest BCUT2D eigenvalue weighted by molar-refractivity contribution is 5.78. The van der Waals surface area contributed by atoms with E-state index >= 15 is 0 Å². The van der Waals surface area contributed by atoms with Crippen LogP contribution in [0.4, 0.5) is 0 Å². The minimum absolute atomic E-state index is 0.0221. The smallest absolute Gasteiger partial charge is 0.233 e. The molecule has 4 heteroatoms. The average molecular weight is 250 g/mol. The SMILES string of the molecule is COCCNCC(=O)NCC(C)c1ccccc1. The van der Waals surface area contributed by atoms with Gasteiger partial charge in [-0.15, -0.1) is 0 Å². The molecule has 0 aliphatic heterocycles. The van der Waals surface area contributed by atoms with Gasteiger partial charge in [0.2, 0.25) is 5.91 Å². The van der Waals surface area contributed by atoms with Gasteiger partial charge in [0.05, 0.1) is 13.2 Å². The lowest BCUT2D eigenvalue weighted by molar-refractivity contribution is -0.120. The van der Waals surface area contributed by atoms with Crippen LogP contribution in [0.25, 0.3) is 0 Å². The molecule has 1 aromatic rings. The Kier molecular flexibility index (Phi) is 7.06. The summed E-state index contributed by atoms with van der Waals surface area (Å²) in [5, 5.41) is 5.93. The number of hydrogen-bond donors (Lipinski definition) is 2. The molecule has 18 heavy (non-hydrogen) atoms. The van der Waals surface area contributed by atoms with Crippen molar-refractivity contribution in [1.29, 1.82) is 0 Å². The first-order valence-corrected chi connectivity index (χ1v) is 6.25. The quantitative estimate of drug-likeness (QED) is 0.680. The van der Waals surface area contributed by atoms with E-state index in [4.69, 9.17) is 4.74 Å². The normalized spacial score (nSPS) is 12.1. The van der Waals surface area contributed by atoms with Crippen LogP contribution in [0.5, 0.6) is 0 Å². The minimum Gasteiger partial charge on any atom is -0.383 e. The molecular weight excluding hydrogens is 228 g/mol. The number of hydrogen-bond acceptors (Lipinski definition) is 3. The summed E-state index contributed by atoms with van der Waals surface area (Å²) in [7, 11) is 1.64. The summed E-state index contributed by atoms with van der Waals surface area (Å²) < 4.78 is 4.89. The molecule has 4 nitrogen and oxygen atoms in total. The van der Waals surface area contributed by atoms with Gasteiger partial charge in [0, 0.05) is 20.2 Å². The zero-order valence-electron chi connectivity index (χ0n) is 11.1. The van der Waals surface area contributed by atoms with E-state index in [1.165, 1.54) is 5.56 Å². The van der Waals surface area contributed by atoms with E-state index in [2.05, 4.69) is 29.7 Å². The topological polar surface area (TPSA) is 50.4 Å². The van der Waals surface area contributed by atoms with Crippen molar-refractivity contribution in [2.75, 3.05) is 33.4 Å². The summed E-state index contributed by atoms with van der Waals surface area (Å²) in [5.74, 6) is 0.350. The Balaban J connectivity index is 2.18. The Hall–Kier alpha value is -1.39. The van der Waals surface area contributed by atoms with Crippen molar-refractivity contribution in [2.24, 2.45) is 0 Å². The first-order valence-electron chi connectivity index (χ1n) is 6.25. The predicted molar refractivity (Wildman–Crippen MR) is 72.6 cm³/mol. The largest absolute Gasteiger partial charge is 0.383 e. The molecule has 0 aromatic heterocycles. The summed E-state index contributed by atoms with van der Waals surface area (Å²) in [6, 6.07) is 10.2. The molecule has 0 spiro atoms. The van der Waals surface area contributed by atoms with Crippen molar-refractivity contribution in [3.05, 3.63) is 35.9 Å². The Morgan fingerprint density at radius 3 is 2.72 bits per heavy atom. The first kappa shape index (κ1) is 14.7. The highest BCUT2D eigenvalue weighted by Crippen LogP contribution is 2.12. The van der Waals surface area contributed by atoms with Gasteiger partial charge in [-0.2, -0.15) is 0 Å². The van der Waals surface area contributed by atoms with Gasteiger partial charge in [-0.3, -0.25) is 4.79 Å². The number of carbonyl (C=O) groups is 1. The van der Waals surface area contributed by atoms with Gasteiger partial charge in [-0.05, 0) is 11.5 Å². The van der Waals surface area contributed by atoms with Crippen molar-refractivity contribution in [3.8, 4) is 0 Å². The van der Waals surface area contributed by atoms with Gasteiger partial charge in [0.1, 0.15) is 0 Å². The molecular formula is C14H22N2O2. The third kappa shape index (κ3) is 5.80. The number of rotatable bonds is 8. The van der Waals surface area contributed by atoms with E-state index in [1.807, 2.05) is 18.2 Å². The first-order chi connectivity index (χ1) is 8.74. The minimum atomic E-state index is 0.0221. The fourth-order valence-corrected chi connectivity index (χ4v) is 1.61. The van der Waals surface area contributed by atoms with Crippen LogP contribution in [0.1, 0.15) is 18.4 Å². The van der Waals surface area contributed by atoms with Gasteiger partial charge in [0.15, 0.2) is 0 Å². The summed E-state index contributed by atoms with van der Waals surface area (Å²) >= 11 is 0. The summed E-state index contributed by atoms with van der Waals surface area (Å²) in [5.41, 5.74) is 1.24. The van der Waals surface area contributed by atoms with E-state index in [0.717, 1.165) is 0 Å². The van der Waals surface area contributed by atoms with Crippen molar-refractivity contribution in [3.63, 3.8) is 0 Å². The molecule has 1 amide bonds. The molecule has 0 aliphatic carbocycles. The van der Waals surface area contributed by atoms with Gasteiger partial charge in [-0.25, -0.2) is 0 Å². The monoisotopic (exact) mass is 250 g/mol. The van der Waals surface area contributed by atoms with Crippen molar-refractivity contribution >= 4 is 5.91 Å². The molecule has 0 aliphatic rings. The molecule has 0 saturated heterocycles. The van der Waals surface area contributed by atoms with Gasteiger partial charge in [-0.1, -0.05) is 37.3 Å². The van der Waals surface area contributed by atoms with E-state index < -0.39 is 0 Å². The number of amides is 1. The maximum absolute atomic E-state index is 11.5. The van der Waals surface area contributed by atoms with Gasteiger partial charge < -0.3 is 15.4 Å². The summed E-state index contributed by atoms with van der Waals surface area (Å²) in [6.07, 6.45) is 0. The zero-order valence-corrected chi connectivity index (χ0v) is 11.1. The van der Waals surface area contributed by atoms with E-state index in [9.17, 15) is 4.79 Å². The van der Waals surface area contributed by atoms with Gasteiger partial charge >= 0.3 is 0 Å². The second-order valence-corrected chi connectivity index (χ2v) is 4.29. The lowest BCUT2D eigenvalue weighted by Crippen LogP contribution is -2.36. The lowest BCUT2D eigenvalue weighted by Gasteiger charge is -2.13. The molecule has 0 saturated carbocycles.